The quantitative estimate of drug-likeness (QED) is 0.783. The van der Waals surface area contributed by atoms with Gasteiger partial charge in [0, 0.05) is 26.1 Å². The summed E-state index contributed by atoms with van der Waals surface area (Å²) in [5, 5.41) is 0. The van der Waals surface area contributed by atoms with Crippen molar-refractivity contribution in [2.45, 2.75) is 31.7 Å². The lowest BCUT2D eigenvalue weighted by molar-refractivity contribution is 0.183. The first-order valence-electron chi connectivity index (χ1n) is 5.88. The number of nitrogens with zero attached hydrogens (tertiary/aromatic N) is 3. The molecule has 94 valence electrons. The van der Waals surface area contributed by atoms with Gasteiger partial charge in [-0.1, -0.05) is 0 Å². The summed E-state index contributed by atoms with van der Waals surface area (Å²) in [4.78, 5) is 11.2. The molecule has 0 radical (unpaired) electrons. The third-order valence-corrected chi connectivity index (χ3v) is 3.48. The first-order chi connectivity index (χ1) is 8.11. The number of ether oxygens (including phenoxy) is 1. The van der Waals surface area contributed by atoms with Crippen molar-refractivity contribution in [3.05, 3.63) is 16.5 Å². The Morgan fingerprint density at radius 2 is 2.24 bits per heavy atom. The van der Waals surface area contributed by atoms with E-state index in [1.807, 2.05) is 13.1 Å². The van der Waals surface area contributed by atoms with Gasteiger partial charge >= 0.3 is 0 Å². The molecule has 0 amide bonds. The van der Waals surface area contributed by atoms with E-state index in [2.05, 4.69) is 37.7 Å². The Hall–Kier alpha value is -0.680. The van der Waals surface area contributed by atoms with Crippen LogP contribution in [0.5, 0.6) is 0 Å². The Morgan fingerprint density at radius 1 is 1.53 bits per heavy atom. The molecule has 4 nitrogen and oxygen atoms in total. The highest BCUT2D eigenvalue weighted by atomic mass is 79.9. The van der Waals surface area contributed by atoms with E-state index in [9.17, 15) is 0 Å². The van der Waals surface area contributed by atoms with Gasteiger partial charge in [0.15, 0.2) is 0 Å². The van der Waals surface area contributed by atoms with Gasteiger partial charge in [-0.05, 0) is 35.7 Å². The largest absolute Gasteiger partial charge is 0.383 e. The number of rotatable bonds is 5. The fourth-order valence-corrected chi connectivity index (χ4v) is 2.09. The van der Waals surface area contributed by atoms with Crippen LogP contribution in [-0.2, 0) is 4.74 Å². The van der Waals surface area contributed by atoms with Crippen molar-refractivity contribution in [2.24, 2.45) is 0 Å². The number of hydrogen-bond acceptors (Lipinski definition) is 4. The molecule has 17 heavy (non-hydrogen) atoms. The van der Waals surface area contributed by atoms with Crippen molar-refractivity contribution in [1.82, 2.24) is 9.97 Å². The first kappa shape index (κ1) is 12.8. The minimum absolute atomic E-state index is 0.300. The molecule has 1 aromatic heterocycles. The molecule has 5 heteroatoms. The summed E-state index contributed by atoms with van der Waals surface area (Å²) in [6, 6.07) is 2.26. The summed E-state index contributed by atoms with van der Waals surface area (Å²) in [6.07, 6.45) is 2.43. The highest BCUT2D eigenvalue weighted by Gasteiger charge is 2.27. The zero-order valence-electron chi connectivity index (χ0n) is 10.5. The third-order valence-electron chi connectivity index (χ3n) is 3.07. The molecule has 1 aromatic rings. The Labute approximate surface area is 111 Å². The fourth-order valence-electron chi connectivity index (χ4n) is 1.71. The Balaban J connectivity index is 2.18. The third kappa shape index (κ3) is 3.16. The van der Waals surface area contributed by atoms with Crippen LogP contribution in [0.15, 0.2) is 10.7 Å². The normalized spacial score (nSPS) is 16.9. The van der Waals surface area contributed by atoms with Crippen LogP contribution in [0.2, 0.25) is 0 Å². The maximum Gasteiger partial charge on any atom is 0.135 e. The number of likely N-dealkylation sites (N-methyl/N-ethyl adjacent to an activating group) is 1. The lowest BCUT2D eigenvalue weighted by Gasteiger charge is -2.25. The van der Waals surface area contributed by atoms with Crippen LogP contribution < -0.4 is 4.90 Å². The van der Waals surface area contributed by atoms with E-state index < -0.39 is 0 Å². The van der Waals surface area contributed by atoms with Gasteiger partial charge in [-0.25, -0.2) is 9.97 Å². The topological polar surface area (TPSA) is 38.2 Å². The number of anilines is 1. The van der Waals surface area contributed by atoms with Gasteiger partial charge in [-0.3, -0.25) is 0 Å². The molecule has 0 spiro atoms. The van der Waals surface area contributed by atoms with Crippen molar-refractivity contribution in [3.63, 3.8) is 0 Å². The molecule has 0 aliphatic heterocycles. The summed E-state index contributed by atoms with van der Waals surface area (Å²) in [5.74, 6) is 2.49. The SMILES string of the molecule is COCC(C)N(C)c1cc(Br)nc(C2CC2)n1. The molecular formula is C12H18BrN3O. The Kier molecular flexibility index (Phi) is 3.99. The molecule has 1 saturated carbocycles. The van der Waals surface area contributed by atoms with Gasteiger partial charge in [0.2, 0.25) is 0 Å². The summed E-state index contributed by atoms with van der Waals surface area (Å²) in [5.41, 5.74) is 0. The molecule has 1 fully saturated rings. The van der Waals surface area contributed by atoms with Crippen LogP contribution in [0.25, 0.3) is 0 Å². The maximum atomic E-state index is 5.17. The van der Waals surface area contributed by atoms with Crippen LogP contribution >= 0.6 is 15.9 Å². The summed E-state index contributed by atoms with van der Waals surface area (Å²) in [6.45, 7) is 2.81. The van der Waals surface area contributed by atoms with Gasteiger partial charge in [-0.15, -0.1) is 0 Å². The zero-order chi connectivity index (χ0) is 12.4. The smallest absolute Gasteiger partial charge is 0.135 e. The van der Waals surface area contributed by atoms with Crippen molar-refractivity contribution < 1.29 is 4.74 Å². The fraction of sp³-hybridized carbons (Fsp3) is 0.667. The molecule has 1 aliphatic rings. The lowest BCUT2D eigenvalue weighted by Crippen LogP contribution is -2.33. The van der Waals surface area contributed by atoms with Crippen molar-refractivity contribution in [3.8, 4) is 0 Å². The zero-order valence-corrected chi connectivity index (χ0v) is 12.1. The first-order valence-corrected chi connectivity index (χ1v) is 6.67. The highest BCUT2D eigenvalue weighted by Crippen LogP contribution is 2.39. The molecule has 1 atom stereocenters. The molecule has 1 unspecified atom stereocenters. The molecule has 0 bridgehead atoms. The molecule has 0 saturated heterocycles. The minimum Gasteiger partial charge on any atom is -0.383 e. The van der Waals surface area contributed by atoms with Crippen LogP contribution in [0, 0.1) is 0 Å². The van der Waals surface area contributed by atoms with E-state index in [4.69, 9.17) is 4.74 Å². The van der Waals surface area contributed by atoms with Crippen molar-refractivity contribution in [1.29, 1.82) is 0 Å². The van der Waals surface area contributed by atoms with Crippen LogP contribution in [-0.4, -0.2) is 36.8 Å². The van der Waals surface area contributed by atoms with E-state index in [-0.39, 0.29) is 0 Å². The summed E-state index contributed by atoms with van der Waals surface area (Å²) in [7, 11) is 3.75. The van der Waals surface area contributed by atoms with Gasteiger partial charge in [-0.2, -0.15) is 0 Å². The predicted octanol–water partition coefficient (Wildman–Crippen LogP) is 2.59. The standard InChI is InChI=1S/C12H18BrN3O/c1-8(7-17-3)16(2)11-6-10(13)14-12(15-11)9-4-5-9/h6,8-9H,4-5,7H2,1-3H3. The number of methoxy groups -OCH3 is 1. The van der Waals surface area contributed by atoms with Crippen molar-refractivity contribution in [2.75, 3.05) is 25.7 Å². The van der Waals surface area contributed by atoms with Crippen LogP contribution in [0.3, 0.4) is 0 Å². The van der Waals surface area contributed by atoms with Gasteiger partial charge < -0.3 is 9.64 Å². The van der Waals surface area contributed by atoms with Gasteiger partial charge in [0.05, 0.1) is 12.6 Å². The average Bonchev–Trinajstić information content (AvgIpc) is 3.11. The van der Waals surface area contributed by atoms with E-state index in [0.717, 1.165) is 16.2 Å². The van der Waals surface area contributed by atoms with Gasteiger partial charge in [0.25, 0.3) is 0 Å². The van der Waals surface area contributed by atoms with E-state index in [0.29, 0.717) is 18.6 Å². The second kappa shape index (κ2) is 5.31. The minimum atomic E-state index is 0.300. The molecule has 1 heterocycles. The Bertz CT molecular complexity index is 395. The number of halogens is 1. The van der Waals surface area contributed by atoms with Crippen LogP contribution in [0.4, 0.5) is 5.82 Å². The molecule has 1 aliphatic carbocycles. The van der Waals surface area contributed by atoms with E-state index in [1.54, 1.807) is 7.11 Å². The van der Waals surface area contributed by atoms with Crippen molar-refractivity contribution >= 4 is 21.7 Å². The maximum absolute atomic E-state index is 5.17. The second-order valence-electron chi connectivity index (χ2n) is 4.60. The average molecular weight is 300 g/mol. The number of aromatic nitrogens is 2. The summed E-state index contributed by atoms with van der Waals surface area (Å²) >= 11 is 3.46. The van der Waals surface area contributed by atoms with E-state index >= 15 is 0 Å². The van der Waals surface area contributed by atoms with Crippen LogP contribution in [0.1, 0.15) is 31.5 Å². The predicted molar refractivity (Wildman–Crippen MR) is 71.4 cm³/mol. The molecule has 2 rings (SSSR count). The number of hydrogen-bond donors (Lipinski definition) is 0. The Morgan fingerprint density at radius 3 is 2.82 bits per heavy atom. The molecule has 0 N–H and O–H groups in total. The lowest BCUT2D eigenvalue weighted by atomic mass is 10.3. The molecule has 0 aromatic carbocycles. The molecular weight excluding hydrogens is 282 g/mol. The monoisotopic (exact) mass is 299 g/mol. The second-order valence-corrected chi connectivity index (χ2v) is 5.41. The van der Waals surface area contributed by atoms with E-state index in [1.165, 1.54) is 12.8 Å². The van der Waals surface area contributed by atoms with Gasteiger partial charge in [0.1, 0.15) is 16.2 Å². The highest BCUT2D eigenvalue weighted by molar-refractivity contribution is 9.10. The summed E-state index contributed by atoms with van der Waals surface area (Å²) < 4.78 is 6.03.